The van der Waals surface area contributed by atoms with E-state index in [2.05, 4.69) is 46.6 Å². The Morgan fingerprint density at radius 1 is 1.11 bits per heavy atom. The van der Waals surface area contributed by atoms with Crippen LogP contribution in [0.5, 0.6) is 0 Å². The normalized spacial score (nSPS) is 12.3. The minimum absolute atomic E-state index is 0.0772. The first-order valence-electron chi connectivity index (χ1n) is 9.42. The van der Waals surface area contributed by atoms with Crippen LogP contribution < -0.4 is 5.32 Å². The number of hydrogen-bond donors (Lipinski definition) is 1. The molecule has 1 N–H and O–H groups in total. The number of amides is 1. The van der Waals surface area contributed by atoms with E-state index in [-0.39, 0.29) is 11.9 Å². The van der Waals surface area contributed by atoms with Crippen LogP contribution in [0.2, 0.25) is 0 Å². The van der Waals surface area contributed by atoms with Gasteiger partial charge in [0.2, 0.25) is 5.91 Å². The Kier molecular flexibility index (Phi) is 6.04. The van der Waals surface area contributed by atoms with Crippen LogP contribution in [-0.2, 0) is 11.3 Å². The molecule has 0 spiro atoms. The van der Waals surface area contributed by atoms with Gasteiger partial charge in [-0.25, -0.2) is 0 Å². The van der Waals surface area contributed by atoms with E-state index in [1.165, 1.54) is 11.1 Å². The van der Waals surface area contributed by atoms with Crippen molar-refractivity contribution in [1.82, 2.24) is 20.1 Å². The molecule has 144 valence electrons. The monoisotopic (exact) mass is 374 g/mol. The highest BCUT2D eigenvalue weighted by Crippen LogP contribution is 2.17. The van der Waals surface area contributed by atoms with E-state index >= 15 is 0 Å². The Labute approximate surface area is 166 Å². The van der Waals surface area contributed by atoms with E-state index in [4.69, 9.17) is 0 Å². The molecular weight excluding hydrogens is 348 g/mol. The summed E-state index contributed by atoms with van der Waals surface area (Å²) in [5.41, 5.74) is 6.41. The lowest BCUT2D eigenvalue weighted by atomic mass is 10.1. The third-order valence-electron chi connectivity index (χ3n) is 4.86. The summed E-state index contributed by atoms with van der Waals surface area (Å²) in [5.74, 6) is -0.130. The minimum atomic E-state index is -0.130. The number of aromatic nitrogens is 3. The number of rotatable bonds is 6. The molecule has 0 radical (unpaired) electrons. The first-order chi connectivity index (χ1) is 13.4. The summed E-state index contributed by atoms with van der Waals surface area (Å²) in [6.45, 7) is 8.75. The SMILES string of the molecule is Cc1ccc(Cn2nc(C)c(/C=C/C(=O)NC(C)c3ccncc3)c2C)cc1. The van der Waals surface area contributed by atoms with Gasteiger partial charge in [-0.05, 0) is 57.0 Å². The average Bonchev–Trinajstić information content (AvgIpc) is 2.95. The molecule has 3 rings (SSSR count). The molecule has 3 aromatic rings. The van der Waals surface area contributed by atoms with E-state index in [0.717, 1.165) is 22.5 Å². The Morgan fingerprint density at radius 3 is 2.46 bits per heavy atom. The quantitative estimate of drug-likeness (QED) is 0.660. The number of hydrogen-bond acceptors (Lipinski definition) is 3. The zero-order chi connectivity index (χ0) is 20.1. The molecule has 0 saturated heterocycles. The van der Waals surface area contributed by atoms with E-state index in [9.17, 15) is 4.79 Å². The number of benzene rings is 1. The molecule has 0 aliphatic heterocycles. The number of nitrogens with zero attached hydrogens (tertiary/aromatic N) is 3. The van der Waals surface area contributed by atoms with Crippen molar-refractivity contribution in [1.29, 1.82) is 0 Å². The van der Waals surface area contributed by atoms with Crippen molar-refractivity contribution >= 4 is 12.0 Å². The van der Waals surface area contributed by atoms with Crippen molar-refractivity contribution in [2.45, 2.75) is 40.3 Å². The van der Waals surface area contributed by atoms with Crippen LogP contribution in [0.1, 0.15) is 46.6 Å². The number of pyridine rings is 1. The van der Waals surface area contributed by atoms with Crippen LogP contribution in [0.3, 0.4) is 0 Å². The molecule has 5 heteroatoms. The van der Waals surface area contributed by atoms with Crippen molar-refractivity contribution in [3.05, 3.63) is 88.5 Å². The molecule has 28 heavy (non-hydrogen) atoms. The van der Waals surface area contributed by atoms with Gasteiger partial charge in [0, 0.05) is 29.7 Å². The maximum Gasteiger partial charge on any atom is 0.244 e. The first kappa shape index (κ1) is 19.5. The molecule has 5 nitrogen and oxygen atoms in total. The van der Waals surface area contributed by atoms with Crippen molar-refractivity contribution in [2.75, 3.05) is 0 Å². The number of carbonyl (C=O) groups is 1. The summed E-state index contributed by atoms with van der Waals surface area (Å²) in [7, 11) is 0. The fraction of sp³-hybridized carbons (Fsp3) is 0.261. The van der Waals surface area contributed by atoms with Gasteiger partial charge in [0.05, 0.1) is 18.3 Å². The molecule has 1 unspecified atom stereocenters. The summed E-state index contributed by atoms with van der Waals surface area (Å²) in [6, 6.07) is 12.2. The molecule has 1 amide bonds. The van der Waals surface area contributed by atoms with E-state index in [1.807, 2.05) is 43.7 Å². The Bertz CT molecular complexity index is 972. The van der Waals surface area contributed by atoms with Gasteiger partial charge in [0.25, 0.3) is 0 Å². The van der Waals surface area contributed by atoms with Crippen LogP contribution in [0.25, 0.3) is 6.08 Å². The zero-order valence-corrected chi connectivity index (χ0v) is 16.8. The lowest BCUT2D eigenvalue weighted by Gasteiger charge is -2.12. The summed E-state index contributed by atoms with van der Waals surface area (Å²) >= 11 is 0. The summed E-state index contributed by atoms with van der Waals surface area (Å²) in [4.78, 5) is 16.3. The molecule has 2 aromatic heterocycles. The first-order valence-corrected chi connectivity index (χ1v) is 9.42. The standard InChI is InChI=1S/C23H26N4O/c1-16-5-7-20(8-6-16)15-27-19(4)22(18(3)26-27)9-10-23(28)25-17(2)21-11-13-24-14-12-21/h5-14,17H,15H2,1-4H3,(H,25,28)/b10-9+. The van der Waals surface area contributed by atoms with Gasteiger partial charge in [-0.15, -0.1) is 0 Å². The second-order valence-electron chi connectivity index (χ2n) is 7.07. The third-order valence-corrected chi connectivity index (χ3v) is 4.86. The second-order valence-corrected chi connectivity index (χ2v) is 7.07. The number of nitrogens with one attached hydrogen (secondary N) is 1. The van der Waals surface area contributed by atoms with Crippen molar-refractivity contribution < 1.29 is 4.79 Å². The van der Waals surface area contributed by atoms with Crippen LogP contribution in [0, 0.1) is 20.8 Å². The average molecular weight is 374 g/mol. The fourth-order valence-electron chi connectivity index (χ4n) is 3.13. The summed E-state index contributed by atoms with van der Waals surface area (Å²) in [6.07, 6.45) is 6.87. The largest absolute Gasteiger partial charge is 0.346 e. The second kappa shape index (κ2) is 8.65. The van der Waals surface area contributed by atoms with E-state index < -0.39 is 0 Å². The lowest BCUT2D eigenvalue weighted by Crippen LogP contribution is -2.24. The zero-order valence-electron chi connectivity index (χ0n) is 16.8. The molecule has 0 bridgehead atoms. The Morgan fingerprint density at radius 2 is 1.79 bits per heavy atom. The summed E-state index contributed by atoms with van der Waals surface area (Å²) < 4.78 is 1.98. The molecule has 1 aromatic carbocycles. The van der Waals surface area contributed by atoms with Crippen molar-refractivity contribution in [3.63, 3.8) is 0 Å². The fourth-order valence-corrected chi connectivity index (χ4v) is 3.13. The molecule has 0 aliphatic rings. The van der Waals surface area contributed by atoms with E-state index in [0.29, 0.717) is 6.54 Å². The highest BCUT2D eigenvalue weighted by atomic mass is 16.1. The lowest BCUT2D eigenvalue weighted by molar-refractivity contribution is -0.117. The third kappa shape index (κ3) is 4.74. The maximum atomic E-state index is 12.3. The number of aryl methyl sites for hydroxylation is 2. The van der Waals surface area contributed by atoms with E-state index in [1.54, 1.807) is 18.5 Å². The molecule has 0 aliphatic carbocycles. The van der Waals surface area contributed by atoms with Gasteiger partial charge < -0.3 is 5.32 Å². The predicted molar refractivity (Wildman–Crippen MR) is 112 cm³/mol. The minimum Gasteiger partial charge on any atom is -0.346 e. The van der Waals surface area contributed by atoms with Crippen LogP contribution in [-0.4, -0.2) is 20.7 Å². The van der Waals surface area contributed by atoms with Crippen LogP contribution in [0.4, 0.5) is 0 Å². The summed E-state index contributed by atoms with van der Waals surface area (Å²) in [5, 5.41) is 7.62. The van der Waals surface area contributed by atoms with Gasteiger partial charge in [-0.1, -0.05) is 29.8 Å². The molecular formula is C23H26N4O. The van der Waals surface area contributed by atoms with Gasteiger partial charge in [0.15, 0.2) is 0 Å². The van der Waals surface area contributed by atoms with Gasteiger partial charge in [-0.3, -0.25) is 14.5 Å². The number of carbonyl (C=O) groups excluding carboxylic acids is 1. The highest BCUT2D eigenvalue weighted by Gasteiger charge is 2.11. The van der Waals surface area contributed by atoms with Gasteiger partial charge >= 0.3 is 0 Å². The van der Waals surface area contributed by atoms with Crippen molar-refractivity contribution in [2.24, 2.45) is 0 Å². The Balaban J connectivity index is 1.69. The van der Waals surface area contributed by atoms with Gasteiger partial charge in [0.1, 0.15) is 0 Å². The molecule has 0 fully saturated rings. The smallest absolute Gasteiger partial charge is 0.244 e. The van der Waals surface area contributed by atoms with Crippen molar-refractivity contribution in [3.8, 4) is 0 Å². The Hall–Kier alpha value is -3.21. The maximum absolute atomic E-state index is 12.3. The topological polar surface area (TPSA) is 59.8 Å². The van der Waals surface area contributed by atoms with Crippen LogP contribution >= 0.6 is 0 Å². The molecule has 0 saturated carbocycles. The van der Waals surface area contributed by atoms with Gasteiger partial charge in [-0.2, -0.15) is 5.10 Å². The predicted octanol–water partition coefficient (Wildman–Crippen LogP) is 4.14. The van der Waals surface area contributed by atoms with Crippen LogP contribution in [0.15, 0.2) is 54.9 Å². The molecule has 1 atom stereocenters. The highest BCUT2D eigenvalue weighted by molar-refractivity contribution is 5.92. The molecule has 2 heterocycles.